The first kappa shape index (κ1) is 24.4. The Labute approximate surface area is 203 Å². The van der Waals surface area contributed by atoms with Crippen molar-refractivity contribution in [2.75, 3.05) is 7.11 Å². The maximum Gasteiger partial charge on any atom is 0.335 e. The monoisotopic (exact) mass is 482 g/mol. The van der Waals surface area contributed by atoms with E-state index < -0.39 is 5.97 Å². The number of methoxy groups -OCH3 is 1. The molecule has 0 unspecified atom stereocenters. The van der Waals surface area contributed by atoms with Gasteiger partial charge in [0.25, 0.3) is 0 Å². The van der Waals surface area contributed by atoms with Crippen molar-refractivity contribution in [1.29, 1.82) is 0 Å². The molecule has 0 aliphatic carbocycles. The van der Waals surface area contributed by atoms with Crippen LogP contribution in [0.1, 0.15) is 35.1 Å². The molecule has 0 saturated carbocycles. The number of hydrogen-bond acceptors (Lipinski definition) is 3. The van der Waals surface area contributed by atoms with Crippen LogP contribution >= 0.6 is 23.2 Å². The van der Waals surface area contributed by atoms with E-state index in [1.165, 1.54) is 0 Å². The van der Waals surface area contributed by atoms with Gasteiger partial charge in [0.05, 0.1) is 23.4 Å². The lowest BCUT2D eigenvalue weighted by Crippen LogP contribution is -2.04. The highest BCUT2D eigenvalue weighted by Gasteiger charge is 2.14. The molecule has 0 amide bonds. The van der Waals surface area contributed by atoms with Gasteiger partial charge in [-0.2, -0.15) is 0 Å². The van der Waals surface area contributed by atoms with Crippen LogP contribution in [0.2, 0.25) is 10.0 Å². The summed E-state index contributed by atoms with van der Waals surface area (Å²) >= 11 is 12.5. The fraction of sp³-hybridized carbons (Fsp3) is 0.154. The summed E-state index contributed by atoms with van der Waals surface area (Å²) < 4.78 is 7.25. The summed E-state index contributed by atoms with van der Waals surface area (Å²) in [6.07, 6.45) is 8.24. The van der Waals surface area contributed by atoms with Crippen LogP contribution in [0.4, 0.5) is 0 Å². The molecule has 0 radical (unpaired) electrons. The van der Waals surface area contributed by atoms with Crippen LogP contribution in [0.5, 0.6) is 0 Å². The molecule has 0 saturated heterocycles. The molecule has 0 fully saturated rings. The topological polar surface area (TPSA) is 64.4 Å². The molecular weight excluding hydrogens is 459 g/mol. The Kier molecular flexibility index (Phi) is 8.15. The van der Waals surface area contributed by atoms with E-state index in [9.17, 15) is 4.79 Å². The van der Waals surface area contributed by atoms with Gasteiger partial charge < -0.3 is 14.4 Å². The SMILES string of the molecule is C=CC(=CC/C=C(\C)c1nc(-c2ccc(Cl)cc2Cl)cn1Cc1ccc(C(=O)O)cc1)OC. The minimum atomic E-state index is -0.952. The zero-order valence-corrected chi connectivity index (χ0v) is 19.9. The number of nitrogens with zero attached hydrogens (tertiary/aromatic N) is 2. The zero-order valence-electron chi connectivity index (χ0n) is 18.4. The van der Waals surface area contributed by atoms with Crippen LogP contribution < -0.4 is 0 Å². The quantitative estimate of drug-likeness (QED) is 0.260. The van der Waals surface area contributed by atoms with Gasteiger partial charge in [0, 0.05) is 23.3 Å². The first-order valence-corrected chi connectivity index (χ1v) is 11.0. The third kappa shape index (κ3) is 6.15. The van der Waals surface area contributed by atoms with E-state index in [2.05, 4.69) is 12.7 Å². The highest BCUT2D eigenvalue weighted by atomic mass is 35.5. The molecule has 7 heteroatoms. The maximum absolute atomic E-state index is 11.2. The highest BCUT2D eigenvalue weighted by Crippen LogP contribution is 2.31. The number of benzene rings is 2. The largest absolute Gasteiger partial charge is 0.497 e. The normalized spacial score (nSPS) is 12.0. The van der Waals surface area contributed by atoms with E-state index in [-0.39, 0.29) is 5.56 Å². The number of rotatable bonds is 9. The number of allylic oxidation sites excluding steroid dienone is 4. The van der Waals surface area contributed by atoms with Gasteiger partial charge in [-0.05, 0) is 67.0 Å². The van der Waals surface area contributed by atoms with Crippen molar-refractivity contribution in [2.45, 2.75) is 19.9 Å². The smallest absolute Gasteiger partial charge is 0.335 e. The van der Waals surface area contributed by atoms with Crippen LogP contribution in [0.25, 0.3) is 16.8 Å². The van der Waals surface area contributed by atoms with E-state index in [4.69, 9.17) is 38.0 Å². The second-order valence-electron chi connectivity index (χ2n) is 7.34. The summed E-state index contributed by atoms with van der Waals surface area (Å²) in [6, 6.07) is 12.1. The number of halogens is 2. The van der Waals surface area contributed by atoms with E-state index in [1.807, 2.05) is 29.8 Å². The summed E-state index contributed by atoms with van der Waals surface area (Å²) in [5.41, 5.74) is 3.68. The molecule has 33 heavy (non-hydrogen) atoms. The Hall–Kier alpha value is -3.28. The van der Waals surface area contributed by atoms with Crippen LogP contribution in [-0.2, 0) is 11.3 Å². The van der Waals surface area contributed by atoms with E-state index in [0.717, 1.165) is 28.2 Å². The number of carboxylic acids is 1. The molecule has 5 nitrogen and oxygen atoms in total. The zero-order chi connectivity index (χ0) is 24.0. The van der Waals surface area contributed by atoms with Gasteiger partial charge in [-0.3, -0.25) is 0 Å². The Morgan fingerprint density at radius 1 is 1.18 bits per heavy atom. The number of aromatic carboxylic acids is 1. The van der Waals surface area contributed by atoms with Gasteiger partial charge >= 0.3 is 5.97 Å². The van der Waals surface area contributed by atoms with Gasteiger partial charge in [0.15, 0.2) is 0 Å². The molecule has 0 bridgehead atoms. The minimum Gasteiger partial charge on any atom is -0.497 e. The van der Waals surface area contributed by atoms with Crippen molar-refractivity contribution in [3.05, 3.63) is 106 Å². The molecule has 3 aromatic rings. The third-order valence-electron chi connectivity index (χ3n) is 5.07. The molecular formula is C26H24Cl2N2O3. The average molecular weight is 483 g/mol. The Bertz CT molecular complexity index is 1220. The van der Waals surface area contributed by atoms with Crippen LogP contribution in [-0.4, -0.2) is 27.7 Å². The lowest BCUT2D eigenvalue weighted by atomic mass is 10.1. The lowest BCUT2D eigenvalue weighted by molar-refractivity contribution is 0.0697. The maximum atomic E-state index is 11.2. The standard InChI is InChI=1S/C26H24Cl2N2O3/c1-4-21(33-3)7-5-6-17(2)25-29-24(22-13-12-20(27)14-23(22)28)16-30(25)15-18-8-10-19(11-9-18)26(31)32/h4,6-14,16H,1,5,15H2,2-3H3,(H,31,32)/b17-6+,21-7?. The summed E-state index contributed by atoms with van der Waals surface area (Å²) in [5.74, 6) is 0.533. The third-order valence-corrected chi connectivity index (χ3v) is 5.62. The van der Waals surface area contributed by atoms with Crippen molar-refractivity contribution in [1.82, 2.24) is 9.55 Å². The molecule has 170 valence electrons. The van der Waals surface area contributed by atoms with Gasteiger partial charge in [0.2, 0.25) is 0 Å². The van der Waals surface area contributed by atoms with Crippen molar-refractivity contribution in [3.8, 4) is 11.3 Å². The van der Waals surface area contributed by atoms with Gasteiger partial charge in [-0.15, -0.1) is 0 Å². The molecule has 1 N–H and O–H groups in total. The summed E-state index contributed by atoms with van der Waals surface area (Å²) in [6.45, 7) is 6.24. The second-order valence-corrected chi connectivity index (χ2v) is 8.19. The summed E-state index contributed by atoms with van der Waals surface area (Å²) in [4.78, 5) is 16.0. The molecule has 0 atom stereocenters. The predicted octanol–water partition coefficient (Wildman–Crippen LogP) is 7.11. The number of aromatic nitrogens is 2. The Balaban J connectivity index is 2.00. The molecule has 1 aromatic heterocycles. The average Bonchev–Trinajstić information content (AvgIpc) is 3.20. The van der Waals surface area contributed by atoms with E-state index in [1.54, 1.807) is 49.6 Å². The molecule has 0 aliphatic rings. The van der Waals surface area contributed by atoms with Gasteiger partial charge in [0.1, 0.15) is 11.6 Å². The van der Waals surface area contributed by atoms with Crippen molar-refractivity contribution in [3.63, 3.8) is 0 Å². The molecule has 0 aliphatic heterocycles. The highest BCUT2D eigenvalue weighted by molar-refractivity contribution is 6.36. The first-order chi connectivity index (χ1) is 15.8. The fourth-order valence-electron chi connectivity index (χ4n) is 3.32. The number of imidazole rings is 1. The van der Waals surface area contributed by atoms with E-state index >= 15 is 0 Å². The molecule has 3 rings (SSSR count). The van der Waals surface area contributed by atoms with Gasteiger partial charge in [-0.1, -0.05) is 48.0 Å². The molecule has 1 heterocycles. The lowest BCUT2D eigenvalue weighted by Gasteiger charge is -2.09. The summed E-state index contributed by atoms with van der Waals surface area (Å²) in [5, 5.41) is 10.2. The van der Waals surface area contributed by atoms with Crippen LogP contribution in [0, 0.1) is 0 Å². The Morgan fingerprint density at radius 3 is 2.52 bits per heavy atom. The number of hydrogen-bond donors (Lipinski definition) is 1. The second kappa shape index (κ2) is 11.0. The molecule has 2 aromatic carbocycles. The molecule has 0 spiro atoms. The fourth-order valence-corrected chi connectivity index (χ4v) is 3.83. The van der Waals surface area contributed by atoms with Crippen LogP contribution in [0.3, 0.4) is 0 Å². The predicted molar refractivity (Wildman–Crippen MR) is 134 cm³/mol. The van der Waals surface area contributed by atoms with Gasteiger partial charge in [-0.25, -0.2) is 9.78 Å². The van der Waals surface area contributed by atoms with Crippen LogP contribution in [0.15, 0.2) is 79.2 Å². The summed E-state index contributed by atoms with van der Waals surface area (Å²) in [7, 11) is 1.61. The number of carbonyl (C=O) groups is 1. The first-order valence-electron chi connectivity index (χ1n) is 10.2. The number of carboxylic acid groups (broad SMARTS) is 1. The van der Waals surface area contributed by atoms with Crippen molar-refractivity contribution >= 4 is 34.7 Å². The van der Waals surface area contributed by atoms with Crippen molar-refractivity contribution < 1.29 is 14.6 Å². The van der Waals surface area contributed by atoms with Crippen molar-refractivity contribution in [2.24, 2.45) is 0 Å². The number of ether oxygens (including phenoxy) is 1. The van der Waals surface area contributed by atoms with E-state index in [0.29, 0.717) is 28.8 Å². The Morgan fingerprint density at radius 2 is 1.91 bits per heavy atom. The minimum absolute atomic E-state index is 0.247.